The molecule has 0 saturated carbocycles. The Morgan fingerprint density at radius 3 is 2.52 bits per heavy atom. The fourth-order valence-electron chi connectivity index (χ4n) is 1.75. The minimum absolute atomic E-state index is 0.0256. The number of alkyl halides is 3. The van der Waals surface area contributed by atoms with E-state index >= 15 is 0 Å². The summed E-state index contributed by atoms with van der Waals surface area (Å²) in [5.74, 6) is -0.488. The summed E-state index contributed by atoms with van der Waals surface area (Å²) in [6, 6.07) is 2.65. The average molecular weight is 305 g/mol. The SMILES string of the molecule is CCCCNC(=NC)NCc1ccc(F)cc1C(F)(F)F. The van der Waals surface area contributed by atoms with E-state index in [0.717, 1.165) is 25.0 Å². The number of nitrogens with one attached hydrogen (secondary N) is 2. The molecule has 0 heterocycles. The summed E-state index contributed by atoms with van der Waals surface area (Å²) in [5.41, 5.74) is -0.999. The zero-order valence-corrected chi connectivity index (χ0v) is 12.0. The number of nitrogens with zero attached hydrogens (tertiary/aromatic N) is 1. The molecule has 0 aliphatic carbocycles. The van der Waals surface area contributed by atoms with Crippen LogP contribution in [0.5, 0.6) is 0 Å². The van der Waals surface area contributed by atoms with Crippen LogP contribution in [0.1, 0.15) is 30.9 Å². The fraction of sp³-hybridized carbons (Fsp3) is 0.500. The van der Waals surface area contributed by atoms with Crippen LogP contribution in [0.25, 0.3) is 0 Å². The van der Waals surface area contributed by atoms with Crippen molar-refractivity contribution < 1.29 is 17.6 Å². The zero-order valence-electron chi connectivity index (χ0n) is 12.0. The lowest BCUT2D eigenvalue weighted by atomic mass is 10.1. The second-order valence-electron chi connectivity index (χ2n) is 4.51. The van der Waals surface area contributed by atoms with Crippen LogP contribution < -0.4 is 10.6 Å². The predicted molar refractivity (Wildman–Crippen MR) is 74.5 cm³/mol. The molecule has 0 bridgehead atoms. The molecule has 3 nitrogen and oxygen atoms in total. The molecule has 118 valence electrons. The molecule has 0 amide bonds. The van der Waals surface area contributed by atoms with Crippen LogP contribution in [0.15, 0.2) is 23.2 Å². The van der Waals surface area contributed by atoms with Gasteiger partial charge in [0, 0.05) is 20.1 Å². The van der Waals surface area contributed by atoms with Gasteiger partial charge in [-0.25, -0.2) is 4.39 Å². The molecule has 0 saturated heterocycles. The van der Waals surface area contributed by atoms with Gasteiger partial charge in [-0.2, -0.15) is 13.2 Å². The van der Waals surface area contributed by atoms with Gasteiger partial charge in [0.1, 0.15) is 5.82 Å². The first-order valence-electron chi connectivity index (χ1n) is 6.68. The Kier molecular flexibility index (Phi) is 6.45. The van der Waals surface area contributed by atoms with Crippen molar-refractivity contribution in [1.29, 1.82) is 0 Å². The number of unbranched alkanes of at least 4 members (excludes halogenated alkanes) is 1. The summed E-state index contributed by atoms with van der Waals surface area (Å²) in [6.45, 7) is 2.64. The van der Waals surface area contributed by atoms with Crippen molar-refractivity contribution in [1.82, 2.24) is 10.6 Å². The fourth-order valence-corrected chi connectivity index (χ4v) is 1.75. The molecule has 0 fully saturated rings. The summed E-state index contributed by atoms with van der Waals surface area (Å²) in [5, 5.41) is 5.79. The van der Waals surface area contributed by atoms with Crippen molar-refractivity contribution in [2.75, 3.05) is 13.6 Å². The lowest BCUT2D eigenvalue weighted by Crippen LogP contribution is -2.37. The van der Waals surface area contributed by atoms with E-state index in [4.69, 9.17) is 0 Å². The van der Waals surface area contributed by atoms with Crippen molar-refractivity contribution in [3.63, 3.8) is 0 Å². The van der Waals surface area contributed by atoms with Crippen molar-refractivity contribution in [3.05, 3.63) is 35.1 Å². The molecule has 21 heavy (non-hydrogen) atoms. The van der Waals surface area contributed by atoms with Gasteiger partial charge < -0.3 is 10.6 Å². The van der Waals surface area contributed by atoms with Crippen LogP contribution in [0.3, 0.4) is 0 Å². The quantitative estimate of drug-likeness (QED) is 0.379. The summed E-state index contributed by atoms with van der Waals surface area (Å²) < 4.78 is 51.5. The van der Waals surface area contributed by atoms with E-state index in [2.05, 4.69) is 15.6 Å². The van der Waals surface area contributed by atoms with Gasteiger partial charge in [0.2, 0.25) is 0 Å². The maximum Gasteiger partial charge on any atom is 0.416 e. The highest BCUT2D eigenvalue weighted by Crippen LogP contribution is 2.32. The van der Waals surface area contributed by atoms with Crippen LogP contribution in [-0.2, 0) is 12.7 Å². The Morgan fingerprint density at radius 1 is 1.24 bits per heavy atom. The number of hydrogen-bond donors (Lipinski definition) is 2. The van der Waals surface area contributed by atoms with Gasteiger partial charge in [0.15, 0.2) is 5.96 Å². The molecule has 2 N–H and O–H groups in total. The third kappa shape index (κ3) is 5.61. The first-order chi connectivity index (χ1) is 9.88. The van der Waals surface area contributed by atoms with E-state index in [0.29, 0.717) is 18.6 Å². The van der Waals surface area contributed by atoms with Gasteiger partial charge in [-0.05, 0) is 24.1 Å². The minimum Gasteiger partial charge on any atom is -0.356 e. The smallest absolute Gasteiger partial charge is 0.356 e. The molecule has 0 radical (unpaired) electrons. The minimum atomic E-state index is -4.59. The number of benzene rings is 1. The molecule has 0 aromatic heterocycles. The third-order valence-electron chi connectivity index (χ3n) is 2.87. The molecule has 0 aliphatic rings. The number of rotatable bonds is 5. The highest BCUT2D eigenvalue weighted by Gasteiger charge is 2.33. The topological polar surface area (TPSA) is 36.4 Å². The number of aliphatic imine (C=N–C) groups is 1. The van der Waals surface area contributed by atoms with Gasteiger partial charge >= 0.3 is 6.18 Å². The molecular formula is C14H19F4N3. The molecule has 1 rings (SSSR count). The van der Waals surface area contributed by atoms with Crippen molar-refractivity contribution in [2.45, 2.75) is 32.5 Å². The second-order valence-corrected chi connectivity index (χ2v) is 4.51. The standard InChI is InChI=1S/C14H19F4N3/c1-3-4-7-20-13(19-2)21-9-10-5-6-11(15)8-12(10)14(16,17)18/h5-6,8H,3-4,7,9H2,1-2H3,(H2,19,20,21). The van der Waals surface area contributed by atoms with Gasteiger partial charge in [-0.15, -0.1) is 0 Å². The molecule has 1 aromatic carbocycles. The van der Waals surface area contributed by atoms with Crippen LogP contribution >= 0.6 is 0 Å². The number of guanidine groups is 1. The first-order valence-corrected chi connectivity index (χ1v) is 6.68. The van der Waals surface area contributed by atoms with Crippen LogP contribution in [0, 0.1) is 5.82 Å². The highest BCUT2D eigenvalue weighted by molar-refractivity contribution is 5.79. The largest absolute Gasteiger partial charge is 0.416 e. The van der Waals surface area contributed by atoms with Crippen LogP contribution in [0.4, 0.5) is 17.6 Å². The number of halogens is 4. The van der Waals surface area contributed by atoms with Crippen molar-refractivity contribution in [2.24, 2.45) is 4.99 Å². The van der Waals surface area contributed by atoms with Crippen LogP contribution in [0.2, 0.25) is 0 Å². The van der Waals surface area contributed by atoms with Crippen LogP contribution in [-0.4, -0.2) is 19.6 Å². The van der Waals surface area contributed by atoms with E-state index in [9.17, 15) is 17.6 Å². The maximum atomic E-state index is 13.0. The molecular weight excluding hydrogens is 286 g/mol. The Morgan fingerprint density at radius 2 is 1.95 bits per heavy atom. The molecule has 1 aromatic rings. The van der Waals surface area contributed by atoms with Crippen molar-refractivity contribution in [3.8, 4) is 0 Å². The van der Waals surface area contributed by atoms with Gasteiger partial charge in [0.05, 0.1) is 5.56 Å². The van der Waals surface area contributed by atoms with Gasteiger partial charge in [0.25, 0.3) is 0 Å². The summed E-state index contributed by atoms with van der Waals surface area (Å²) in [4.78, 5) is 3.92. The predicted octanol–water partition coefficient (Wildman–Crippen LogP) is 3.31. The monoisotopic (exact) mass is 305 g/mol. The van der Waals surface area contributed by atoms with E-state index in [1.54, 1.807) is 0 Å². The summed E-state index contributed by atoms with van der Waals surface area (Å²) in [7, 11) is 1.54. The first kappa shape index (κ1) is 17.3. The maximum absolute atomic E-state index is 13.0. The zero-order chi connectivity index (χ0) is 15.9. The molecule has 0 spiro atoms. The Bertz CT molecular complexity index is 484. The number of hydrogen-bond acceptors (Lipinski definition) is 1. The average Bonchev–Trinajstić information content (AvgIpc) is 2.42. The van der Waals surface area contributed by atoms with E-state index < -0.39 is 17.6 Å². The van der Waals surface area contributed by atoms with Gasteiger partial charge in [-0.3, -0.25) is 4.99 Å². The van der Waals surface area contributed by atoms with E-state index in [1.165, 1.54) is 7.05 Å². The third-order valence-corrected chi connectivity index (χ3v) is 2.87. The lowest BCUT2D eigenvalue weighted by Gasteiger charge is -2.15. The summed E-state index contributed by atoms with van der Waals surface area (Å²) >= 11 is 0. The van der Waals surface area contributed by atoms with Crippen molar-refractivity contribution >= 4 is 5.96 Å². The van der Waals surface area contributed by atoms with Gasteiger partial charge in [-0.1, -0.05) is 19.4 Å². The molecule has 0 unspecified atom stereocenters. The van der Waals surface area contributed by atoms with E-state index in [1.807, 2.05) is 6.92 Å². The highest BCUT2D eigenvalue weighted by atomic mass is 19.4. The molecule has 0 atom stereocenters. The lowest BCUT2D eigenvalue weighted by molar-refractivity contribution is -0.138. The molecule has 7 heteroatoms. The Balaban J connectivity index is 2.74. The normalized spacial score (nSPS) is 12.4. The molecule has 0 aliphatic heterocycles. The Labute approximate surface area is 121 Å². The van der Waals surface area contributed by atoms with E-state index in [-0.39, 0.29) is 12.1 Å². The Hall–Kier alpha value is -1.79. The summed E-state index contributed by atoms with van der Waals surface area (Å²) in [6.07, 6.45) is -2.65. The second kappa shape index (κ2) is 7.85.